The smallest absolute Gasteiger partial charge is 0.318 e. The Morgan fingerprint density at radius 3 is 2.48 bits per heavy atom. The summed E-state index contributed by atoms with van der Waals surface area (Å²) in [6, 6.07) is 8.01. The van der Waals surface area contributed by atoms with Crippen molar-refractivity contribution in [3.63, 3.8) is 0 Å². The Morgan fingerprint density at radius 1 is 1.04 bits per heavy atom. The zero-order valence-electron chi connectivity index (χ0n) is 13.2. The fraction of sp³-hybridized carbons (Fsp3) is 0.389. The highest BCUT2D eigenvalue weighted by Gasteiger charge is 2.26. The Balaban J connectivity index is 1.70. The molecule has 5 nitrogen and oxygen atoms in total. The molecule has 5 heteroatoms. The summed E-state index contributed by atoms with van der Waals surface area (Å²) in [5.74, 6) is 0. The van der Waals surface area contributed by atoms with Crippen molar-refractivity contribution in [3.05, 3.63) is 60.2 Å². The molecule has 0 spiro atoms. The van der Waals surface area contributed by atoms with Crippen LogP contribution in [0.1, 0.15) is 42.9 Å². The Morgan fingerprint density at radius 2 is 1.74 bits per heavy atom. The maximum atomic E-state index is 12.7. The highest BCUT2D eigenvalue weighted by molar-refractivity contribution is 5.74. The monoisotopic (exact) mass is 310 g/mol. The summed E-state index contributed by atoms with van der Waals surface area (Å²) in [6.07, 6.45) is 11.5. The molecule has 1 unspecified atom stereocenters. The first-order valence-corrected chi connectivity index (χ1v) is 8.18. The van der Waals surface area contributed by atoms with E-state index in [1.807, 2.05) is 29.2 Å². The van der Waals surface area contributed by atoms with Crippen molar-refractivity contribution in [1.82, 2.24) is 20.2 Å². The second kappa shape index (κ2) is 7.72. The van der Waals surface area contributed by atoms with Crippen LogP contribution in [0.5, 0.6) is 0 Å². The van der Waals surface area contributed by atoms with Gasteiger partial charge in [0.1, 0.15) is 0 Å². The van der Waals surface area contributed by atoms with Crippen LogP contribution in [0.25, 0.3) is 0 Å². The van der Waals surface area contributed by atoms with Crippen LogP contribution in [-0.4, -0.2) is 27.4 Å². The number of aromatic nitrogens is 2. The molecule has 0 aliphatic carbocycles. The number of nitrogens with one attached hydrogen (secondary N) is 1. The lowest BCUT2D eigenvalue weighted by Gasteiger charge is -2.30. The van der Waals surface area contributed by atoms with Crippen molar-refractivity contribution in [2.24, 2.45) is 0 Å². The van der Waals surface area contributed by atoms with Gasteiger partial charge in [0.15, 0.2) is 0 Å². The molecule has 1 fully saturated rings. The maximum Gasteiger partial charge on any atom is 0.318 e. The molecule has 1 saturated heterocycles. The van der Waals surface area contributed by atoms with E-state index in [1.54, 1.807) is 24.8 Å². The van der Waals surface area contributed by atoms with Gasteiger partial charge in [0.25, 0.3) is 0 Å². The average Bonchev–Trinajstić information content (AvgIpc) is 2.87. The van der Waals surface area contributed by atoms with Crippen LogP contribution in [0.2, 0.25) is 0 Å². The first-order chi connectivity index (χ1) is 11.3. The Hall–Kier alpha value is -2.43. The number of carbonyl (C=O) groups excluding carboxylic acids is 1. The Kier molecular flexibility index (Phi) is 5.19. The number of likely N-dealkylation sites (tertiary alicyclic amines) is 1. The second-order valence-electron chi connectivity index (χ2n) is 5.85. The molecule has 3 heterocycles. The van der Waals surface area contributed by atoms with Gasteiger partial charge >= 0.3 is 6.03 Å². The quantitative estimate of drug-likeness (QED) is 0.946. The molecule has 2 aromatic heterocycles. The summed E-state index contributed by atoms with van der Waals surface area (Å²) in [4.78, 5) is 22.7. The molecule has 1 atom stereocenters. The molecule has 1 aliphatic heterocycles. The van der Waals surface area contributed by atoms with Gasteiger partial charge in [-0.05, 0) is 48.2 Å². The minimum absolute atomic E-state index is 0.00512. The molecule has 1 N–H and O–H groups in total. The average molecular weight is 310 g/mol. The normalized spacial score (nSPS) is 18.3. The summed E-state index contributed by atoms with van der Waals surface area (Å²) >= 11 is 0. The first-order valence-electron chi connectivity index (χ1n) is 8.18. The van der Waals surface area contributed by atoms with Gasteiger partial charge in [0, 0.05) is 37.9 Å². The van der Waals surface area contributed by atoms with Crippen LogP contribution >= 0.6 is 0 Å². The zero-order valence-corrected chi connectivity index (χ0v) is 13.2. The van der Waals surface area contributed by atoms with Gasteiger partial charge in [-0.15, -0.1) is 0 Å². The molecule has 0 bridgehead atoms. The number of carbonyl (C=O) groups is 1. The van der Waals surface area contributed by atoms with Crippen molar-refractivity contribution in [1.29, 1.82) is 0 Å². The molecule has 120 valence electrons. The minimum atomic E-state index is 0.00512. The van der Waals surface area contributed by atoms with E-state index in [4.69, 9.17) is 0 Å². The van der Waals surface area contributed by atoms with E-state index in [9.17, 15) is 4.79 Å². The third-order valence-electron chi connectivity index (χ3n) is 4.30. The van der Waals surface area contributed by atoms with Gasteiger partial charge < -0.3 is 10.2 Å². The molecule has 2 aromatic rings. The lowest BCUT2D eigenvalue weighted by molar-refractivity contribution is 0.175. The SMILES string of the molecule is O=C(NCc1ccncc1)N1CCCCCC1c1ccncc1. The van der Waals surface area contributed by atoms with Gasteiger partial charge in [-0.25, -0.2) is 4.79 Å². The molecule has 3 rings (SSSR count). The van der Waals surface area contributed by atoms with Gasteiger partial charge in [0.2, 0.25) is 0 Å². The molecule has 1 aliphatic rings. The predicted octanol–water partition coefficient (Wildman–Crippen LogP) is 3.30. The van der Waals surface area contributed by atoms with E-state index in [-0.39, 0.29) is 12.1 Å². The van der Waals surface area contributed by atoms with Crippen LogP contribution < -0.4 is 5.32 Å². The number of urea groups is 1. The van der Waals surface area contributed by atoms with E-state index in [1.165, 1.54) is 12.0 Å². The Labute approximate surface area is 136 Å². The zero-order chi connectivity index (χ0) is 15.9. The summed E-state index contributed by atoms with van der Waals surface area (Å²) in [6.45, 7) is 1.33. The third-order valence-corrected chi connectivity index (χ3v) is 4.30. The molecule has 0 aromatic carbocycles. The van der Waals surface area contributed by atoms with Crippen LogP contribution in [0.3, 0.4) is 0 Å². The van der Waals surface area contributed by atoms with Gasteiger partial charge in [-0.1, -0.05) is 12.8 Å². The van der Waals surface area contributed by atoms with E-state index in [2.05, 4.69) is 15.3 Å². The van der Waals surface area contributed by atoms with E-state index in [0.29, 0.717) is 6.54 Å². The van der Waals surface area contributed by atoms with E-state index in [0.717, 1.165) is 31.4 Å². The minimum Gasteiger partial charge on any atom is -0.334 e. The van der Waals surface area contributed by atoms with Crippen LogP contribution in [0.15, 0.2) is 49.1 Å². The lowest BCUT2D eigenvalue weighted by atomic mass is 10.0. The first kappa shape index (κ1) is 15.5. The molecule has 0 saturated carbocycles. The highest BCUT2D eigenvalue weighted by Crippen LogP contribution is 2.29. The van der Waals surface area contributed by atoms with Crippen molar-refractivity contribution < 1.29 is 4.79 Å². The van der Waals surface area contributed by atoms with Crippen LogP contribution in [-0.2, 0) is 6.54 Å². The number of hydrogen-bond acceptors (Lipinski definition) is 3. The molecular formula is C18H22N4O. The van der Waals surface area contributed by atoms with E-state index >= 15 is 0 Å². The van der Waals surface area contributed by atoms with Crippen LogP contribution in [0, 0.1) is 0 Å². The molecular weight excluding hydrogens is 288 g/mol. The van der Waals surface area contributed by atoms with Crippen molar-refractivity contribution in [2.75, 3.05) is 6.54 Å². The summed E-state index contributed by atoms with van der Waals surface area (Å²) in [5, 5.41) is 3.04. The lowest BCUT2D eigenvalue weighted by Crippen LogP contribution is -2.41. The number of pyridine rings is 2. The standard InChI is InChI=1S/C18H22N4O/c23-18(21-14-15-5-9-19-10-6-15)22-13-3-1-2-4-17(22)16-7-11-20-12-8-16/h5-12,17H,1-4,13-14H2,(H,21,23). The second-order valence-corrected chi connectivity index (χ2v) is 5.85. The van der Waals surface area contributed by atoms with Gasteiger partial charge in [0.05, 0.1) is 6.04 Å². The summed E-state index contributed by atoms with van der Waals surface area (Å²) in [7, 11) is 0. The van der Waals surface area contributed by atoms with E-state index < -0.39 is 0 Å². The maximum absolute atomic E-state index is 12.7. The predicted molar refractivity (Wildman–Crippen MR) is 88.6 cm³/mol. The summed E-state index contributed by atoms with van der Waals surface area (Å²) in [5.41, 5.74) is 2.23. The number of amides is 2. The number of hydrogen-bond donors (Lipinski definition) is 1. The molecule has 0 radical (unpaired) electrons. The third kappa shape index (κ3) is 4.06. The van der Waals surface area contributed by atoms with Gasteiger partial charge in [-0.3, -0.25) is 9.97 Å². The molecule has 2 amide bonds. The van der Waals surface area contributed by atoms with Gasteiger partial charge in [-0.2, -0.15) is 0 Å². The summed E-state index contributed by atoms with van der Waals surface area (Å²) < 4.78 is 0. The molecule has 23 heavy (non-hydrogen) atoms. The van der Waals surface area contributed by atoms with Crippen molar-refractivity contribution in [3.8, 4) is 0 Å². The largest absolute Gasteiger partial charge is 0.334 e. The number of rotatable bonds is 3. The fourth-order valence-electron chi connectivity index (χ4n) is 3.06. The van der Waals surface area contributed by atoms with Crippen molar-refractivity contribution >= 4 is 6.03 Å². The van der Waals surface area contributed by atoms with Crippen LogP contribution in [0.4, 0.5) is 4.79 Å². The topological polar surface area (TPSA) is 58.1 Å². The fourth-order valence-corrected chi connectivity index (χ4v) is 3.06. The Bertz CT molecular complexity index is 617. The highest BCUT2D eigenvalue weighted by atomic mass is 16.2. The number of nitrogens with zero attached hydrogens (tertiary/aromatic N) is 3. The van der Waals surface area contributed by atoms with Crippen molar-refractivity contribution in [2.45, 2.75) is 38.3 Å².